The Bertz CT molecular complexity index is 504. The Morgan fingerprint density at radius 1 is 1.21 bits per heavy atom. The van der Waals surface area contributed by atoms with E-state index in [4.69, 9.17) is 9.84 Å². The molecule has 0 fully saturated rings. The molecule has 0 heterocycles. The highest BCUT2D eigenvalue weighted by atomic mass is 16.5. The van der Waals surface area contributed by atoms with Crippen LogP contribution < -0.4 is 0 Å². The number of ketones is 1. The summed E-state index contributed by atoms with van der Waals surface area (Å²) in [6.07, 6.45) is 1.84. The number of hydrogen-bond acceptors (Lipinski definition) is 4. The maximum Gasteiger partial charge on any atom is 0.339 e. The minimum atomic E-state index is -1.19. The fraction of sp³-hybridized carbons (Fsp3) is 0.214. The van der Waals surface area contributed by atoms with Crippen molar-refractivity contribution in [2.75, 3.05) is 6.61 Å². The van der Waals surface area contributed by atoms with Gasteiger partial charge in [-0.25, -0.2) is 9.59 Å². The molecule has 0 saturated carbocycles. The molecule has 0 spiro atoms. The Morgan fingerprint density at radius 3 is 2.42 bits per heavy atom. The number of carboxylic acids is 1. The van der Waals surface area contributed by atoms with Crippen LogP contribution in [0.25, 0.3) is 0 Å². The van der Waals surface area contributed by atoms with Gasteiger partial charge in [0.2, 0.25) is 0 Å². The van der Waals surface area contributed by atoms with Crippen LogP contribution in [0.1, 0.15) is 33.6 Å². The minimum Gasteiger partial charge on any atom is -0.478 e. The topological polar surface area (TPSA) is 80.7 Å². The lowest BCUT2D eigenvalue weighted by Crippen LogP contribution is -2.12. The van der Waals surface area contributed by atoms with Crippen LogP contribution in [0.3, 0.4) is 0 Å². The number of esters is 1. The third kappa shape index (κ3) is 4.39. The highest BCUT2D eigenvalue weighted by molar-refractivity contribution is 6.02. The molecule has 0 atom stereocenters. The number of aromatic carboxylic acids is 1. The van der Waals surface area contributed by atoms with Crippen LogP contribution in [-0.2, 0) is 9.53 Å². The number of hydrogen-bond donors (Lipinski definition) is 1. The van der Waals surface area contributed by atoms with Gasteiger partial charge in [-0.3, -0.25) is 4.79 Å². The first-order valence-corrected chi connectivity index (χ1v) is 5.71. The largest absolute Gasteiger partial charge is 0.478 e. The summed E-state index contributed by atoms with van der Waals surface area (Å²) < 4.78 is 4.93. The van der Waals surface area contributed by atoms with E-state index < -0.39 is 11.9 Å². The molecule has 0 amide bonds. The molecule has 0 aromatic heterocycles. The van der Waals surface area contributed by atoms with Crippen LogP contribution in [0.2, 0.25) is 0 Å². The molecule has 0 aliphatic carbocycles. The van der Waals surface area contributed by atoms with Gasteiger partial charge in [-0.2, -0.15) is 0 Å². The predicted octanol–water partition coefficient (Wildman–Crippen LogP) is 2.08. The third-order valence-corrected chi connectivity index (χ3v) is 2.41. The standard InChI is InChI=1S/C14H14O5/c1-2-10(15)6-5-9-19-14(18)12-8-4-3-7-11(12)13(16)17/h2-4,7-8H,1,5-6,9H2,(H,16,17). The van der Waals surface area contributed by atoms with E-state index in [0.29, 0.717) is 6.42 Å². The molecule has 5 nitrogen and oxygen atoms in total. The number of benzene rings is 1. The van der Waals surface area contributed by atoms with E-state index in [-0.39, 0.29) is 29.9 Å². The van der Waals surface area contributed by atoms with E-state index in [2.05, 4.69) is 6.58 Å². The van der Waals surface area contributed by atoms with Crippen LogP contribution in [0, 0.1) is 0 Å². The number of ether oxygens (including phenoxy) is 1. The van der Waals surface area contributed by atoms with Gasteiger partial charge in [0.05, 0.1) is 17.7 Å². The first kappa shape index (κ1) is 14.6. The number of allylic oxidation sites excluding steroid dienone is 1. The van der Waals surface area contributed by atoms with E-state index in [1.165, 1.54) is 24.3 Å². The zero-order valence-corrected chi connectivity index (χ0v) is 10.3. The highest BCUT2D eigenvalue weighted by Gasteiger charge is 2.16. The van der Waals surface area contributed by atoms with Crippen LogP contribution in [-0.4, -0.2) is 29.4 Å². The highest BCUT2D eigenvalue weighted by Crippen LogP contribution is 2.10. The molecule has 1 N–H and O–H groups in total. The second-order valence-electron chi connectivity index (χ2n) is 3.76. The van der Waals surface area contributed by atoms with Crippen LogP contribution in [0.5, 0.6) is 0 Å². The SMILES string of the molecule is C=CC(=O)CCCOC(=O)c1ccccc1C(=O)O. The molecule has 1 aromatic rings. The summed E-state index contributed by atoms with van der Waals surface area (Å²) in [5.41, 5.74) is -0.0975. The Morgan fingerprint density at radius 2 is 1.84 bits per heavy atom. The summed E-state index contributed by atoms with van der Waals surface area (Å²) >= 11 is 0. The molecule has 0 saturated heterocycles. The summed E-state index contributed by atoms with van der Waals surface area (Å²) in [4.78, 5) is 33.5. The van der Waals surface area contributed by atoms with E-state index >= 15 is 0 Å². The van der Waals surface area contributed by atoms with Crippen molar-refractivity contribution in [3.8, 4) is 0 Å². The van der Waals surface area contributed by atoms with Crippen molar-refractivity contribution in [1.29, 1.82) is 0 Å². The van der Waals surface area contributed by atoms with E-state index in [1.54, 1.807) is 6.07 Å². The monoisotopic (exact) mass is 262 g/mol. The number of rotatable bonds is 7. The quantitative estimate of drug-likeness (QED) is 0.462. The predicted molar refractivity (Wildman–Crippen MR) is 68.1 cm³/mol. The molecule has 1 rings (SSSR count). The zero-order valence-electron chi connectivity index (χ0n) is 10.3. The van der Waals surface area contributed by atoms with E-state index in [1.807, 2.05) is 0 Å². The fourth-order valence-corrected chi connectivity index (χ4v) is 1.44. The average Bonchev–Trinajstić information content (AvgIpc) is 2.42. The smallest absolute Gasteiger partial charge is 0.339 e. The van der Waals surface area contributed by atoms with Gasteiger partial charge in [-0.05, 0) is 24.6 Å². The summed E-state index contributed by atoms with van der Waals surface area (Å²) in [5.74, 6) is -2.01. The first-order valence-electron chi connectivity index (χ1n) is 5.71. The average molecular weight is 262 g/mol. The van der Waals surface area contributed by atoms with Crippen molar-refractivity contribution in [2.45, 2.75) is 12.8 Å². The molecule has 0 aliphatic rings. The van der Waals surface area contributed by atoms with Crippen molar-refractivity contribution in [3.63, 3.8) is 0 Å². The van der Waals surface area contributed by atoms with Crippen molar-refractivity contribution in [3.05, 3.63) is 48.0 Å². The second-order valence-corrected chi connectivity index (χ2v) is 3.76. The summed E-state index contributed by atoms with van der Waals surface area (Å²) in [6, 6.07) is 5.81. The van der Waals surface area contributed by atoms with Crippen molar-refractivity contribution in [1.82, 2.24) is 0 Å². The van der Waals surface area contributed by atoms with Crippen molar-refractivity contribution in [2.24, 2.45) is 0 Å². The van der Waals surface area contributed by atoms with E-state index in [9.17, 15) is 14.4 Å². The molecule has 100 valence electrons. The van der Waals surface area contributed by atoms with Crippen LogP contribution in [0.15, 0.2) is 36.9 Å². The van der Waals surface area contributed by atoms with Gasteiger partial charge in [0.15, 0.2) is 5.78 Å². The molecule has 0 aliphatic heterocycles. The van der Waals surface area contributed by atoms with E-state index in [0.717, 1.165) is 0 Å². The Hall–Kier alpha value is -2.43. The van der Waals surface area contributed by atoms with Gasteiger partial charge in [0.1, 0.15) is 0 Å². The summed E-state index contributed by atoms with van der Waals surface area (Å²) in [5, 5.41) is 8.93. The number of carbonyl (C=O) groups excluding carboxylic acids is 2. The Kier molecular flexibility index (Phi) is 5.47. The number of carbonyl (C=O) groups is 3. The minimum absolute atomic E-state index is 0.00467. The lowest BCUT2D eigenvalue weighted by atomic mass is 10.1. The van der Waals surface area contributed by atoms with Gasteiger partial charge in [-0.15, -0.1) is 0 Å². The zero-order chi connectivity index (χ0) is 14.3. The third-order valence-electron chi connectivity index (χ3n) is 2.41. The molecular formula is C14H14O5. The normalized spacial score (nSPS) is 9.68. The van der Waals surface area contributed by atoms with Gasteiger partial charge in [0, 0.05) is 6.42 Å². The number of carboxylic acid groups (broad SMARTS) is 1. The molecule has 5 heteroatoms. The van der Waals surface area contributed by atoms with Crippen LogP contribution >= 0.6 is 0 Å². The fourth-order valence-electron chi connectivity index (χ4n) is 1.44. The second kappa shape index (κ2) is 7.10. The Labute approximate surface area is 110 Å². The summed E-state index contributed by atoms with van der Waals surface area (Å²) in [6.45, 7) is 3.39. The van der Waals surface area contributed by atoms with Crippen molar-refractivity contribution < 1.29 is 24.2 Å². The Balaban J connectivity index is 2.57. The maximum atomic E-state index is 11.7. The van der Waals surface area contributed by atoms with Gasteiger partial charge in [-0.1, -0.05) is 18.7 Å². The molecule has 0 bridgehead atoms. The van der Waals surface area contributed by atoms with Crippen molar-refractivity contribution >= 4 is 17.7 Å². The summed E-state index contributed by atoms with van der Waals surface area (Å²) in [7, 11) is 0. The van der Waals surface area contributed by atoms with Gasteiger partial charge in [0.25, 0.3) is 0 Å². The molecule has 0 unspecified atom stereocenters. The lowest BCUT2D eigenvalue weighted by Gasteiger charge is -2.06. The van der Waals surface area contributed by atoms with Gasteiger partial charge >= 0.3 is 11.9 Å². The van der Waals surface area contributed by atoms with Crippen LogP contribution in [0.4, 0.5) is 0 Å². The first-order chi connectivity index (χ1) is 9.06. The maximum absolute atomic E-state index is 11.7. The van der Waals surface area contributed by atoms with Gasteiger partial charge < -0.3 is 9.84 Å². The molecule has 1 aromatic carbocycles. The molecule has 19 heavy (non-hydrogen) atoms. The lowest BCUT2D eigenvalue weighted by molar-refractivity contribution is -0.114. The molecule has 0 radical (unpaired) electrons. The molecular weight excluding hydrogens is 248 g/mol.